The van der Waals surface area contributed by atoms with Crippen molar-refractivity contribution < 1.29 is 0 Å². The number of anilines is 1. The Labute approximate surface area is 114 Å². The Bertz CT molecular complexity index is 608. The lowest BCUT2D eigenvalue weighted by atomic mass is 9.71. The number of nitriles is 1. The summed E-state index contributed by atoms with van der Waals surface area (Å²) in [7, 11) is 0. The summed E-state index contributed by atoms with van der Waals surface area (Å²) < 4.78 is 0. The summed E-state index contributed by atoms with van der Waals surface area (Å²) in [5, 5.41) is 9.52. The van der Waals surface area contributed by atoms with Crippen LogP contribution in [0.4, 0.5) is 5.69 Å². The first-order chi connectivity index (χ1) is 9.37. The Morgan fingerprint density at radius 3 is 2.84 bits per heavy atom. The molecule has 0 radical (unpaired) electrons. The first-order valence-electron chi connectivity index (χ1n) is 7.38. The quantitative estimate of drug-likeness (QED) is 0.698. The van der Waals surface area contributed by atoms with Crippen molar-refractivity contribution in [1.82, 2.24) is 0 Å². The van der Waals surface area contributed by atoms with Crippen LogP contribution in [0.5, 0.6) is 0 Å². The lowest BCUT2D eigenvalue weighted by Crippen LogP contribution is -2.50. The molecule has 1 fully saturated rings. The molecule has 1 aromatic rings. The lowest BCUT2D eigenvalue weighted by molar-refractivity contribution is 0.355. The molecular formula is C17H18N2. The highest BCUT2D eigenvalue weighted by Crippen LogP contribution is 2.56. The van der Waals surface area contributed by atoms with Gasteiger partial charge < -0.3 is 4.90 Å². The molecule has 1 spiro atoms. The molecule has 1 aliphatic carbocycles. The fourth-order valence-corrected chi connectivity index (χ4v) is 4.44. The van der Waals surface area contributed by atoms with Gasteiger partial charge in [0.15, 0.2) is 0 Å². The van der Waals surface area contributed by atoms with Crippen molar-refractivity contribution in [3.8, 4) is 6.07 Å². The van der Waals surface area contributed by atoms with E-state index in [0.717, 1.165) is 25.0 Å². The average molecular weight is 250 g/mol. The fraction of sp³-hybridized carbons (Fsp3) is 0.471. The summed E-state index contributed by atoms with van der Waals surface area (Å²) >= 11 is 0. The average Bonchev–Trinajstić information content (AvgIpc) is 2.78. The van der Waals surface area contributed by atoms with Gasteiger partial charge in [0.2, 0.25) is 0 Å². The van der Waals surface area contributed by atoms with Crippen LogP contribution in [0.15, 0.2) is 29.8 Å². The van der Waals surface area contributed by atoms with Crippen LogP contribution in [0.1, 0.15) is 44.1 Å². The number of benzene rings is 1. The molecule has 4 rings (SSSR count). The molecule has 1 aromatic carbocycles. The summed E-state index contributed by atoms with van der Waals surface area (Å²) in [6.45, 7) is 1.15. The van der Waals surface area contributed by atoms with Gasteiger partial charge in [-0.1, -0.05) is 18.2 Å². The third kappa shape index (κ3) is 1.31. The van der Waals surface area contributed by atoms with Gasteiger partial charge in [0.1, 0.15) is 0 Å². The molecule has 0 aromatic heterocycles. The van der Waals surface area contributed by atoms with Crippen LogP contribution in [0.25, 0.3) is 5.57 Å². The highest BCUT2D eigenvalue weighted by Gasteiger charge is 2.50. The maximum Gasteiger partial charge on any atom is 0.0951 e. The van der Waals surface area contributed by atoms with E-state index >= 15 is 0 Å². The number of hydrogen-bond acceptors (Lipinski definition) is 2. The molecule has 96 valence electrons. The largest absolute Gasteiger partial charge is 0.361 e. The van der Waals surface area contributed by atoms with Crippen molar-refractivity contribution in [3.05, 3.63) is 35.4 Å². The van der Waals surface area contributed by atoms with Crippen molar-refractivity contribution >= 4 is 11.3 Å². The van der Waals surface area contributed by atoms with Gasteiger partial charge in [0.25, 0.3) is 0 Å². The van der Waals surface area contributed by atoms with Gasteiger partial charge in [-0.3, -0.25) is 0 Å². The molecular weight excluding hydrogens is 232 g/mol. The zero-order chi connectivity index (χ0) is 12.9. The van der Waals surface area contributed by atoms with E-state index in [0.29, 0.717) is 0 Å². The molecule has 0 amide bonds. The summed E-state index contributed by atoms with van der Waals surface area (Å²) in [6, 6.07) is 11.2. The number of rotatable bonds is 0. The van der Waals surface area contributed by atoms with Crippen LogP contribution in [-0.2, 0) is 0 Å². The minimum atomic E-state index is 0.158. The minimum Gasteiger partial charge on any atom is -0.361 e. The Morgan fingerprint density at radius 1 is 1.11 bits per heavy atom. The number of piperidine rings is 1. The number of fused-ring (bicyclic) bond motifs is 3. The summed E-state index contributed by atoms with van der Waals surface area (Å²) in [5.74, 6) is 0. The highest BCUT2D eigenvalue weighted by molar-refractivity contribution is 5.94. The van der Waals surface area contributed by atoms with Crippen LogP contribution < -0.4 is 4.90 Å². The van der Waals surface area contributed by atoms with Crippen molar-refractivity contribution in [2.45, 2.75) is 44.1 Å². The monoisotopic (exact) mass is 250 g/mol. The summed E-state index contributed by atoms with van der Waals surface area (Å²) in [6.07, 6.45) is 7.16. The maximum atomic E-state index is 9.52. The van der Waals surface area contributed by atoms with E-state index in [2.05, 4.69) is 35.2 Å². The Morgan fingerprint density at radius 2 is 1.95 bits per heavy atom. The number of nitrogens with zero attached hydrogens (tertiary/aromatic N) is 2. The van der Waals surface area contributed by atoms with E-state index in [4.69, 9.17) is 0 Å². The molecule has 0 N–H and O–H groups in total. The van der Waals surface area contributed by atoms with Crippen LogP contribution in [0, 0.1) is 11.3 Å². The van der Waals surface area contributed by atoms with Crippen LogP contribution >= 0.6 is 0 Å². The summed E-state index contributed by atoms with van der Waals surface area (Å²) in [4.78, 5) is 2.61. The number of para-hydroxylation sites is 1. The first kappa shape index (κ1) is 11.1. The van der Waals surface area contributed by atoms with E-state index in [1.807, 2.05) is 0 Å². The van der Waals surface area contributed by atoms with E-state index in [1.165, 1.54) is 42.5 Å². The van der Waals surface area contributed by atoms with Gasteiger partial charge in [-0.25, -0.2) is 0 Å². The molecule has 0 bridgehead atoms. The molecule has 2 heterocycles. The van der Waals surface area contributed by atoms with Crippen molar-refractivity contribution in [1.29, 1.82) is 5.26 Å². The molecule has 19 heavy (non-hydrogen) atoms. The molecule has 2 aliphatic heterocycles. The predicted molar refractivity (Wildman–Crippen MR) is 76.8 cm³/mol. The first-order valence-corrected chi connectivity index (χ1v) is 7.38. The fourth-order valence-electron chi connectivity index (χ4n) is 4.44. The SMILES string of the molecule is N#CC1=C2c3ccccc3N3CCCCC23CCC1. The third-order valence-corrected chi connectivity index (χ3v) is 5.12. The predicted octanol–water partition coefficient (Wildman–Crippen LogP) is 3.89. The van der Waals surface area contributed by atoms with Gasteiger partial charge in [-0.2, -0.15) is 5.26 Å². The second-order valence-electron chi connectivity index (χ2n) is 5.98. The Hall–Kier alpha value is -1.75. The second kappa shape index (κ2) is 3.87. The second-order valence-corrected chi connectivity index (χ2v) is 5.98. The van der Waals surface area contributed by atoms with E-state index in [-0.39, 0.29) is 5.54 Å². The van der Waals surface area contributed by atoms with Gasteiger partial charge >= 0.3 is 0 Å². The van der Waals surface area contributed by atoms with Gasteiger partial charge in [-0.05, 0) is 44.6 Å². The zero-order valence-electron chi connectivity index (χ0n) is 11.2. The van der Waals surface area contributed by atoms with E-state index in [9.17, 15) is 5.26 Å². The number of hydrogen-bond donors (Lipinski definition) is 0. The molecule has 1 unspecified atom stereocenters. The Balaban J connectivity index is 2.03. The third-order valence-electron chi connectivity index (χ3n) is 5.12. The highest BCUT2D eigenvalue weighted by atomic mass is 15.2. The normalized spacial score (nSPS) is 28.5. The number of allylic oxidation sites excluding steroid dienone is 1. The molecule has 1 saturated heterocycles. The maximum absolute atomic E-state index is 9.52. The standard InChI is InChI=1S/C17H18N2/c18-12-13-6-5-10-17-9-3-4-11-19(17)15-8-2-1-7-14(15)16(13)17/h1-2,7-8H,3-6,9-11H2. The van der Waals surface area contributed by atoms with Crippen LogP contribution in [0.3, 0.4) is 0 Å². The molecule has 1 atom stereocenters. The van der Waals surface area contributed by atoms with Crippen molar-refractivity contribution in [3.63, 3.8) is 0 Å². The Kier molecular flexibility index (Phi) is 2.26. The van der Waals surface area contributed by atoms with Crippen LogP contribution in [-0.4, -0.2) is 12.1 Å². The minimum absolute atomic E-state index is 0.158. The molecule has 2 nitrogen and oxygen atoms in total. The summed E-state index contributed by atoms with van der Waals surface area (Å²) in [5.41, 5.74) is 5.28. The molecule has 2 heteroatoms. The van der Waals surface area contributed by atoms with Crippen molar-refractivity contribution in [2.75, 3.05) is 11.4 Å². The van der Waals surface area contributed by atoms with Gasteiger partial charge in [0, 0.05) is 28.9 Å². The zero-order valence-corrected chi connectivity index (χ0v) is 11.2. The van der Waals surface area contributed by atoms with Crippen molar-refractivity contribution in [2.24, 2.45) is 0 Å². The smallest absolute Gasteiger partial charge is 0.0951 e. The molecule has 0 saturated carbocycles. The molecule has 3 aliphatic rings. The van der Waals surface area contributed by atoms with Gasteiger partial charge in [0.05, 0.1) is 11.6 Å². The van der Waals surface area contributed by atoms with Crippen LogP contribution in [0.2, 0.25) is 0 Å². The van der Waals surface area contributed by atoms with Gasteiger partial charge in [-0.15, -0.1) is 0 Å². The lowest BCUT2D eigenvalue weighted by Gasteiger charge is -2.47. The topological polar surface area (TPSA) is 27.0 Å². The van der Waals surface area contributed by atoms with E-state index < -0.39 is 0 Å². The van der Waals surface area contributed by atoms with E-state index in [1.54, 1.807) is 0 Å².